The average Bonchev–Trinajstić information content (AvgIpc) is 3.03. The van der Waals surface area contributed by atoms with Crippen LogP contribution in [0.15, 0.2) is 23.6 Å². The van der Waals surface area contributed by atoms with Crippen LogP contribution in [-0.4, -0.2) is 10.6 Å². The lowest BCUT2D eigenvalue weighted by molar-refractivity contribution is -0.112. The smallest absolute Gasteiger partial charge is 0.177 e. The van der Waals surface area contributed by atoms with E-state index in [0.717, 1.165) is 17.6 Å². The number of hydrogen-bond donors (Lipinski definition) is 0. The van der Waals surface area contributed by atoms with Crippen LogP contribution in [-0.2, 0) is 4.79 Å². The van der Waals surface area contributed by atoms with Gasteiger partial charge in [0.2, 0.25) is 0 Å². The highest BCUT2D eigenvalue weighted by Gasteiger charge is 2.34. The third-order valence-electron chi connectivity index (χ3n) is 3.34. The molecule has 2 aromatic rings. The van der Waals surface area contributed by atoms with Crippen LogP contribution in [0.2, 0.25) is 0 Å². The molecule has 0 aliphatic heterocycles. The van der Waals surface area contributed by atoms with E-state index in [9.17, 15) is 4.79 Å². The number of Topliss-reactive ketones (excluding diaryl/α,β-unsaturated/α-hetero) is 1. The Morgan fingerprint density at radius 1 is 1.37 bits per heavy atom. The fourth-order valence-electron chi connectivity index (χ4n) is 2.53. The Kier molecular flexibility index (Phi) is 3.50. The minimum Gasteiger partial charge on any atom is -0.293 e. The van der Waals surface area contributed by atoms with E-state index in [1.165, 1.54) is 20.2 Å². The van der Waals surface area contributed by atoms with Gasteiger partial charge in [-0.3, -0.25) is 4.79 Å². The SMILES string of the molecule is Cc1cc(C2=C(c3cccs3)CC(Br)C2=O)c(C)s1. The van der Waals surface area contributed by atoms with E-state index in [2.05, 4.69) is 47.3 Å². The molecule has 98 valence electrons. The van der Waals surface area contributed by atoms with Crippen molar-refractivity contribution in [2.45, 2.75) is 25.1 Å². The molecular weight excluding hydrogens is 340 g/mol. The first-order valence-corrected chi connectivity index (χ1v) is 8.72. The van der Waals surface area contributed by atoms with E-state index in [4.69, 9.17) is 0 Å². The molecule has 19 heavy (non-hydrogen) atoms. The Balaban J connectivity index is 2.21. The number of rotatable bonds is 2. The molecule has 3 rings (SSSR count). The lowest BCUT2D eigenvalue weighted by Gasteiger charge is -2.04. The Bertz CT molecular complexity index is 664. The molecule has 0 fully saturated rings. The van der Waals surface area contributed by atoms with Crippen molar-refractivity contribution in [1.82, 2.24) is 0 Å². The molecule has 0 bridgehead atoms. The summed E-state index contributed by atoms with van der Waals surface area (Å²) < 4.78 is 0. The predicted octanol–water partition coefficient (Wildman–Crippen LogP) is 5.07. The summed E-state index contributed by atoms with van der Waals surface area (Å²) >= 11 is 6.98. The van der Waals surface area contributed by atoms with Gasteiger partial charge in [-0.05, 0) is 48.9 Å². The Labute approximate surface area is 129 Å². The highest BCUT2D eigenvalue weighted by molar-refractivity contribution is 9.10. The van der Waals surface area contributed by atoms with Crippen molar-refractivity contribution in [2.24, 2.45) is 0 Å². The van der Waals surface area contributed by atoms with Crippen molar-refractivity contribution in [3.63, 3.8) is 0 Å². The average molecular weight is 353 g/mol. The number of carbonyl (C=O) groups is 1. The van der Waals surface area contributed by atoms with Crippen molar-refractivity contribution < 1.29 is 4.79 Å². The largest absolute Gasteiger partial charge is 0.293 e. The first-order valence-electron chi connectivity index (χ1n) is 6.10. The van der Waals surface area contributed by atoms with Crippen molar-refractivity contribution in [3.8, 4) is 0 Å². The molecule has 1 aliphatic carbocycles. The van der Waals surface area contributed by atoms with Gasteiger partial charge in [-0.15, -0.1) is 22.7 Å². The molecule has 0 radical (unpaired) electrons. The maximum absolute atomic E-state index is 12.5. The van der Waals surface area contributed by atoms with Crippen molar-refractivity contribution in [2.75, 3.05) is 0 Å². The summed E-state index contributed by atoms with van der Waals surface area (Å²) in [6.45, 7) is 4.19. The third kappa shape index (κ3) is 2.26. The highest BCUT2D eigenvalue weighted by atomic mass is 79.9. The van der Waals surface area contributed by atoms with Gasteiger partial charge in [0.1, 0.15) is 0 Å². The number of allylic oxidation sites excluding steroid dienone is 2. The second-order valence-corrected chi connectivity index (χ2v) is 8.21. The van der Waals surface area contributed by atoms with E-state index in [0.29, 0.717) is 0 Å². The fourth-order valence-corrected chi connectivity index (χ4v) is 4.80. The quantitative estimate of drug-likeness (QED) is 0.689. The minimum absolute atomic E-state index is 0.0702. The van der Waals surface area contributed by atoms with Crippen molar-refractivity contribution in [1.29, 1.82) is 0 Å². The fraction of sp³-hybridized carbons (Fsp3) is 0.267. The van der Waals surface area contributed by atoms with Gasteiger partial charge in [-0.25, -0.2) is 0 Å². The summed E-state index contributed by atoms with van der Waals surface area (Å²) in [4.78, 5) is 16.1. The van der Waals surface area contributed by atoms with Crippen LogP contribution in [0.5, 0.6) is 0 Å². The van der Waals surface area contributed by atoms with E-state index < -0.39 is 0 Å². The zero-order valence-corrected chi connectivity index (χ0v) is 13.9. The lowest BCUT2D eigenvalue weighted by Crippen LogP contribution is -2.07. The molecule has 4 heteroatoms. The zero-order chi connectivity index (χ0) is 13.6. The molecule has 1 nitrogen and oxygen atoms in total. The van der Waals surface area contributed by atoms with E-state index in [1.54, 1.807) is 22.7 Å². The Morgan fingerprint density at radius 3 is 2.74 bits per heavy atom. The maximum Gasteiger partial charge on any atom is 0.177 e. The molecule has 0 aromatic carbocycles. The van der Waals surface area contributed by atoms with Gasteiger partial charge in [0.15, 0.2) is 5.78 Å². The first kappa shape index (κ1) is 13.3. The van der Waals surface area contributed by atoms with Gasteiger partial charge in [-0.2, -0.15) is 0 Å². The molecule has 1 unspecified atom stereocenters. The summed E-state index contributed by atoms with van der Waals surface area (Å²) in [6.07, 6.45) is 0.795. The molecule has 1 atom stereocenters. The van der Waals surface area contributed by atoms with Gasteiger partial charge in [0, 0.05) is 20.2 Å². The first-order chi connectivity index (χ1) is 9.08. The number of alkyl halides is 1. The molecule has 2 heterocycles. The van der Waals surface area contributed by atoms with Crippen LogP contribution in [0, 0.1) is 13.8 Å². The molecule has 0 amide bonds. The van der Waals surface area contributed by atoms with Crippen LogP contribution >= 0.6 is 38.6 Å². The van der Waals surface area contributed by atoms with Crippen LogP contribution < -0.4 is 0 Å². The number of halogens is 1. The van der Waals surface area contributed by atoms with E-state index in [1.807, 2.05) is 6.07 Å². The standard InChI is InChI=1S/C15H13BrOS2/c1-8-6-10(9(2)19-8)14-11(7-12(16)15(14)17)13-4-3-5-18-13/h3-6,12H,7H2,1-2H3. The number of thiophene rings is 2. The molecule has 1 aliphatic rings. The number of carbonyl (C=O) groups excluding carboxylic acids is 1. The van der Waals surface area contributed by atoms with Crippen LogP contribution in [0.3, 0.4) is 0 Å². The van der Waals surface area contributed by atoms with Gasteiger partial charge in [0.25, 0.3) is 0 Å². The third-order valence-corrected chi connectivity index (χ3v) is 5.98. The Hall–Kier alpha value is -0.710. The topological polar surface area (TPSA) is 17.1 Å². The maximum atomic E-state index is 12.5. The second-order valence-electron chi connectivity index (χ2n) is 4.69. The minimum atomic E-state index is -0.0702. The lowest BCUT2D eigenvalue weighted by atomic mass is 10.0. The summed E-state index contributed by atoms with van der Waals surface area (Å²) in [5.41, 5.74) is 3.24. The highest BCUT2D eigenvalue weighted by Crippen LogP contribution is 2.43. The number of ketones is 1. The van der Waals surface area contributed by atoms with Crippen molar-refractivity contribution >= 4 is 55.5 Å². The van der Waals surface area contributed by atoms with Gasteiger partial charge in [-0.1, -0.05) is 22.0 Å². The normalized spacial score (nSPS) is 19.5. The van der Waals surface area contributed by atoms with Gasteiger partial charge >= 0.3 is 0 Å². The van der Waals surface area contributed by atoms with Crippen LogP contribution in [0.1, 0.15) is 26.6 Å². The van der Waals surface area contributed by atoms with Crippen LogP contribution in [0.4, 0.5) is 0 Å². The molecular formula is C15H13BrOS2. The number of aryl methyl sites for hydroxylation is 2. The second kappa shape index (κ2) is 5.00. The molecule has 0 saturated heterocycles. The molecule has 0 saturated carbocycles. The van der Waals surface area contributed by atoms with Gasteiger partial charge in [0.05, 0.1) is 4.83 Å². The van der Waals surface area contributed by atoms with Gasteiger partial charge < -0.3 is 0 Å². The van der Waals surface area contributed by atoms with Crippen LogP contribution in [0.25, 0.3) is 11.1 Å². The monoisotopic (exact) mass is 352 g/mol. The Morgan fingerprint density at radius 2 is 2.16 bits per heavy atom. The van der Waals surface area contributed by atoms with E-state index >= 15 is 0 Å². The van der Waals surface area contributed by atoms with Crippen molar-refractivity contribution in [3.05, 3.63) is 43.8 Å². The summed E-state index contributed by atoms with van der Waals surface area (Å²) in [7, 11) is 0. The zero-order valence-electron chi connectivity index (χ0n) is 10.7. The van der Waals surface area contributed by atoms with E-state index in [-0.39, 0.29) is 10.6 Å². The summed E-state index contributed by atoms with van der Waals surface area (Å²) in [5.74, 6) is 0.226. The molecule has 0 spiro atoms. The summed E-state index contributed by atoms with van der Waals surface area (Å²) in [5, 5.41) is 2.07. The summed E-state index contributed by atoms with van der Waals surface area (Å²) in [6, 6.07) is 6.29. The molecule has 0 N–H and O–H groups in total. The molecule has 2 aromatic heterocycles. The predicted molar refractivity (Wildman–Crippen MR) is 87.3 cm³/mol. The number of hydrogen-bond acceptors (Lipinski definition) is 3.